The third-order valence-corrected chi connectivity index (χ3v) is 6.08. The van der Waals surface area contributed by atoms with Gasteiger partial charge in [-0.15, -0.1) is 11.3 Å². The van der Waals surface area contributed by atoms with Crippen molar-refractivity contribution in [2.45, 2.75) is 13.8 Å². The number of nitriles is 1. The smallest absolute Gasteiger partial charge is 0.258 e. The van der Waals surface area contributed by atoms with Gasteiger partial charge in [0.15, 0.2) is 5.11 Å². The third kappa shape index (κ3) is 3.49. The molecule has 26 heavy (non-hydrogen) atoms. The van der Waals surface area contributed by atoms with Gasteiger partial charge in [0.25, 0.3) is 5.91 Å². The molecule has 1 aromatic heterocycles. The van der Waals surface area contributed by atoms with Gasteiger partial charge in [-0.3, -0.25) is 10.1 Å². The van der Waals surface area contributed by atoms with Crippen LogP contribution in [0.25, 0.3) is 10.8 Å². The number of thiophene rings is 1. The van der Waals surface area contributed by atoms with Crippen LogP contribution >= 0.6 is 39.5 Å². The number of benzene rings is 2. The molecule has 0 aliphatic carbocycles. The second-order valence-corrected chi connectivity index (χ2v) is 8.14. The average molecular weight is 444 g/mol. The van der Waals surface area contributed by atoms with E-state index in [0.717, 1.165) is 25.7 Å². The summed E-state index contributed by atoms with van der Waals surface area (Å²) in [6.45, 7) is 3.84. The molecule has 0 fully saturated rings. The zero-order chi connectivity index (χ0) is 18.8. The summed E-state index contributed by atoms with van der Waals surface area (Å²) in [7, 11) is 0. The molecule has 2 aromatic carbocycles. The van der Waals surface area contributed by atoms with Crippen LogP contribution in [0.5, 0.6) is 0 Å². The zero-order valence-electron chi connectivity index (χ0n) is 14.0. The molecule has 3 aromatic rings. The van der Waals surface area contributed by atoms with Crippen LogP contribution < -0.4 is 10.6 Å². The van der Waals surface area contributed by atoms with Crippen molar-refractivity contribution in [2.75, 3.05) is 5.32 Å². The number of fused-ring (bicyclic) bond motifs is 1. The first-order valence-electron chi connectivity index (χ1n) is 7.72. The van der Waals surface area contributed by atoms with Crippen LogP contribution in [0.15, 0.2) is 40.9 Å². The lowest BCUT2D eigenvalue weighted by Crippen LogP contribution is -2.34. The second kappa shape index (κ2) is 7.54. The Hall–Kier alpha value is -2.27. The van der Waals surface area contributed by atoms with E-state index in [1.54, 1.807) is 6.07 Å². The van der Waals surface area contributed by atoms with E-state index in [9.17, 15) is 10.1 Å². The van der Waals surface area contributed by atoms with Gasteiger partial charge in [-0.1, -0.05) is 40.2 Å². The van der Waals surface area contributed by atoms with Crippen molar-refractivity contribution in [1.82, 2.24) is 5.32 Å². The largest absolute Gasteiger partial charge is 0.323 e. The molecule has 0 aliphatic rings. The summed E-state index contributed by atoms with van der Waals surface area (Å²) >= 11 is 10.2. The molecule has 130 valence electrons. The van der Waals surface area contributed by atoms with Gasteiger partial charge in [0.05, 0.1) is 5.56 Å². The fourth-order valence-corrected chi connectivity index (χ4v) is 4.40. The summed E-state index contributed by atoms with van der Waals surface area (Å²) in [5, 5.41) is 17.6. The van der Waals surface area contributed by atoms with Crippen LogP contribution in [0.2, 0.25) is 0 Å². The lowest BCUT2D eigenvalue weighted by atomic mass is 10.0. The van der Waals surface area contributed by atoms with Gasteiger partial charge in [-0.2, -0.15) is 5.26 Å². The molecule has 0 spiro atoms. The molecular formula is C19H14BrN3OS2. The van der Waals surface area contributed by atoms with E-state index in [4.69, 9.17) is 12.2 Å². The van der Waals surface area contributed by atoms with E-state index in [-0.39, 0.29) is 11.0 Å². The van der Waals surface area contributed by atoms with Crippen LogP contribution in [-0.2, 0) is 0 Å². The summed E-state index contributed by atoms with van der Waals surface area (Å²) in [5.41, 5.74) is 2.01. The summed E-state index contributed by atoms with van der Waals surface area (Å²) < 4.78 is 0.925. The van der Waals surface area contributed by atoms with Crippen molar-refractivity contribution >= 4 is 66.3 Å². The van der Waals surface area contributed by atoms with Crippen molar-refractivity contribution in [3.8, 4) is 6.07 Å². The van der Waals surface area contributed by atoms with Gasteiger partial charge in [-0.25, -0.2) is 0 Å². The SMILES string of the molecule is Cc1sc(NC(=S)NC(=O)c2cccc3c(Br)cccc23)c(C#N)c1C. The molecule has 0 radical (unpaired) electrons. The van der Waals surface area contributed by atoms with Crippen molar-refractivity contribution in [1.29, 1.82) is 5.26 Å². The fourth-order valence-electron chi connectivity index (χ4n) is 2.62. The van der Waals surface area contributed by atoms with Gasteiger partial charge in [0, 0.05) is 14.9 Å². The van der Waals surface area contributed by atoms with Gasteiger partial charge >= 0.3 is 0 Å². The summed E-state index contributed by atoms with van der Waals surface area (Å²) in [6, 6.07) is 13.4. The minimum Gasteiger partial charge on any atom is -0.323 e. The highest BCUT2D eigenvalue weighted by molar-refractivity contribution is 9.10. The monoisotopic (exact) mass is 443 g/mol. The number of carbonyl (C=O) groups excluding carboxylic acids is 1. The Labute approximate surface area is 169 Å². The molecule has 0 unspecified atom stereocenters. The van der Waals surface area contributed by atoms with Crippen LogP contribution in [0, 0.1) is 25.2 Å². The molecule has 1 heterocycles. The van der Waals surface area contributed by atoms with Crippen molar-refractivity contribution in [3.05, 3.63) is 62.4 Å². The molecule has 0 saturated carbocycles. The number of hydrogen-bond acceptors (Lipinski definition) is 4. The van der Waals surface area contributed by atoms with E-state index in [1.165, 1.54) is 11.3 Å². The lowest BCUT2D eigenvalue weighted by molar-refractivity contribution is 0.0979. The number of rotatable bonds is 2. The first kappa shape index (κ1) is 18.5. The van der Waals surface area contributed by atoms with Crippen molar-refractivity contribution in [2.24, 2.45) is 0 Å². The average Bonchev–Trinajstić information content (AvgIpc) is 2.87. The van der Waals surface area contributed by atoms with Crippen molar-refractivity contribution in [3.63, 3.8) is 0 Å². The quantitative estimate of drug-likeness (QED) is 0.528. The number of amides is 1. The van der Waals surface area contributed by atoms with E-state index >= 15 is 0 Å². The van der Waals surface area contributed by atoms with Crippen LogP contribution in [-0.4, -0.2) is 11.0 Å². The molecule has 0 saturated heterocycles. The Balaban J connectivity index is 1.83. The molecule has 0 atom stereocenters. The van der Waals surface area contributed by atoms with Gasteiger partial charge in [0.1, 0.15) is 11.1 Å². The topological polar surface area (TPSA) is 64.9 Å². The van der Waals surface area contributed by atoms with E-state index < -0.39 is 0 Å². The lowest BCUT2D eigenvalue weighted by Gasteiger charge is -2.11. The molecule has 0 bridgehead atoms. The molecule has 7 heteroatoms. The Morgan fingerprint density at radius 3 is 2.62 bits per heavy atom. The normalized spacial score (nSPS) is 10.4. The standard InChI is InChI=1S/C19H14BrN3OS2/c1-10-11(2)26-18(15(10)9-21)23-19(25)22-17(24)14-7-3-6-13-12(14)5-4-8-16(13)20/h3-8H,1-2H3,(H2,22,23,24,25). The molecule has 3 rings (SSSR count). The highest BCUT2D eigenvalue weighted by atomic mass is 79.9. The highest BCUT2D eigenvalue weighted by Gasteiger charge is 2.16. The predicted molar refractivity (Wildman–Crippen MR) is 114 cm³/mol. The van der Waals surface area contributed by atoms with Crippen LogP contribution in [0.3, 0.4) is 0 Å². The molecule has 0 aliphatic heterocycles. The molecule has 2 N–H and O–H groups in total. The number of thiocarbonyl (C=S) groups is 1. The highest BCUT2D eigenvalue weighted by Crippen LogP contribution is 2.31. The first-order valence-corrected chi connectivity index (χ1v) is 9.73. The first-order chi connectivity index (χ1) is 12.4. The Morgan fingerprint density at radius 2 is 1.88 bits per heavy atom. The maximum atomic E-state index is 12.7. The van der Waals surface area contributed by atoms with Gasteiger partial charge in [-0.05, 0) is 54.5 Å². The van der Waals surface area contributed by atoms with E-state index in [2.05, 4.69) is 32.6 Å². The molecular weight excluding hydrogens is 430 g/mol. The van der Waals surface area contributed by atoms with Crippen LogP contribution in [0.4, 0.5) is 5.00 Å². The minimum atomic E-state index is -0.297. The van der Waals surface area contributed by atoms with E-state index in [0.29, 0.717) is 16.1 Å². The zero-order valence-corrected chi connectivity index (χ0v) is 17.2. The number of hydrogen-bond donors (Lipinski definition) is 2. The van der Waals surface area contributed by atoms with E-state index in [1.807, 2.05) is 44.2 Å². The number of aryl methyl sites for hydroxylation is 1. The number of carbonyl (C=O) groups is 1. The predicted octanol–water partition coefficient (Wildman–Crippen LogP) is 5.28. The summed E-state index contributed by atoms with van der Waals surface area (Å²) in [6.07, 6.45) is 0. The fraction of sp³-hybridized carbons (Fsp3) is 0.105. The minimum absolute atomic E-state index is 0.166. The molecule has 4 nitrogen and oxygen atoms in total. The number of nitrogens with zero attached hydrogens (tertiary/aromatic N) is 1. The van der Waals surface area contributed by atoms with Crippen molar-refractivity contribution < 1.29 is 4.79 Å². The maximum Gasteiger partial charge on any atom is 0.258 e. The maximum absolute atomic E-state index is 12.7. The summed E-state index contributed by atoms with van der Waals surface area (Å²) in [4.78, 5) is 13.7. The number of halogens is 1. The number of anilines is 1. The Kier molecular flexibility index (Phi) is 5.37. The number of nitrogens with one attached hydrogen (secondary N) is 2. The third-order valence-electron chi connectivity index (χ3n) is 4.06. The van der Waals surface area contributed by atoms with Crippen LogP contribution in [0.1, 0.15) is 26.4 Å². The van der Waals surface area contributed by atoms with Gasteiger partial charge < -0.3 is 5.32 Å². The van der Waals surface area contributed by atoms with Gasteiger partial charge in [0.2, 0.25) is 0 Å². The molecule has 1 amide bonds. The Bertz CT molecular complexity index is 1080. The second-order valence-electron chi connectivity index (χ2n) is 5.65. The Morgan fingerprint density at radius 1 is 1.19 bits per heavy atom. The summed E-state index contributed by atoms with van der Waals surface area (Å²) in [5.74, 6) is -0.297.